The highest BCUT2D eigenvalue weighted by Crippen LogP contribution is 2.19. The topological polar surface area (TPSA) is 71.1 Å². The summed E-state index contributed by atoms with van der Waals surface area (Å²) in [5.74, 6) is 0. The molecule has 0 atom stereocenters. The van der Waals surface area contributed by atoms with Gasteiger partial charge in [-0.3, -0.25) is 4.98 Å². The molecule has 0 aliphatic heterocycles. The van der Waals surface area contributed by atoms with E-state index >= 15 is 0 Å². The Morgan fingerprint density at radius 3 is 2.75 bits per heavy atom. The number of aryl methyl sites for hydroxylation is 1. The molecule has 0 radical (unpaired) electrons. The van der Waals surface area contributed by atoms with Crippen molar-refractivity contribution in [2.24, 2.45) is 0 Å². The van der Waals surface area contributed by atoms with E-state index in [0.29, 0.717) is 11.4 Å². The summed E-state index contributed by atoms with van der Waals surface area (Å²) in [6, 6.07) is 5.42. The first-order valence-corrected chi connectivity index (χ1v) is 8.51. The molecule has 0 aromatic carbocycles. The van der Waals surface area contributed by atoms with E-state index < -0.39 is 10.0 Å². The summed E-state index contributed by atoms with van der Waals surface area (Å²) in [6.07, 6.45) is 1.68. The normalized spacial score (nSPS) is 11.7. The molecule has 0 fully saturated rings. The van der Waals surface area contributed by atoms with Gasteiger partial charge in [0.15, 0.2) is 0 Å². The van der Waals surface area contributed by atoms with E-state index in [0.717, 1.165) is 16.1 Å². The lowest BCUT2D eigenvalue weighted by Gasteiger charge is -2.05. The number of nitrogens with one attached hydrogen (secondary N) is 2. The fourth-order valence-corrected chi connectivity index (χ4v) is 3.94. The van der Waals surface area contributed by atoms with Gasteiger partial charge in [-0.25, -0.2) is 13.1 Å². The van der Waals surface area contributed by atoms with Crippen LogP contribution in [0.1, 0.15) is 16.1 Å². The first-order chi connectivity index (χ1) is 9.51. The smallest absolute Gasteiger partial charge is 0.241 e. The van der Waals surface area contributed by atoms with Crippen molar-refractivity contribution in [2.45, 2.75) is 24.9 Å². The van der Waals surface area contributed by atoms with Crippen LogP contribution in [0.25, 0.3) is 0 Å². The fourth-order valence-electron chi connectivity index (χ4n) is 1.63. The summed E-state index contributed by atoms with van der Waals surface area (Å²) >= 11 is 1.43. The molecule has 0 aliphatic rings. The molecule has 2 heterocycles. The quantitative estimate of drug-likeness (QED) is 0.851. The van der Waals surface area contributed by atoms with Crippen LogP contribution in [0.2, 0.25) is 0 Å². The Balaban J connectivity index is 2.04. The van der Waals surface area contributed by atoms with E-state index in [9.17, 15) is 8.42 Å². The minimum atomic E-state index is -3.46. The summed E-state index contributed by atoms with van der Waals surface area (Å²) in [6.45, 7) is 2.80. The van der Waals surface area contributed by atoms with Crippen molar-refractivity contribution >= 4 is 21.4 Å². The predicted molar refractivity (Wildman–Crippen MR) is 80.1 cm³/mol. The standard InChI is InChI=1S/C13H17N3O2S2/c1-10-3-4-11(6-15-10)7-16-20(17,18)13-5-12(8-14-2)19-9-13/h3-6,9,14,16H,7-8H2,1-2H3. The molecule has 7 heteroatoms. The average Bonchev–Trinajstić information content (AvgIpc) is 2.88. The Labute approximate surface area is 123 Å². The number of aromatic nitrogens is 1. The number of thiophene rings is 1. The van der Waals surface area contributed by atoms with Gasteiger partial charge < -0.3 is 5.32 Å². The zero-order valence-corrected chi connectivity index (χ0v) is 13.0. The first-order valence-electron chi connectivity index (χ1n) is 6.14. The zero-order chi connectivity index (χ0) is 14.6. The van der Waals surface area contributed by atoms with Gasteiger partial charge in [-0.1, -0.05) is 6.07 Å². The van der Waals surface area contributed by atoms with Crippen molar-refractivity contribution in [3.63, 3.8) is 0 Å². The lowest BCUT2D eigenvalue weighted by atomic mass is 10.2. The molecule has 20 heavy (non-hydrogen) atoms. The number of rotatable bonds is 6. The highest BCUT2D eigenvalue weighted by Gasteiger charge is 2.15. The molecular formula is C13H17N3O2S2. The Bertz CT molecular complexity index is 663. The van der Waals surface area contributed by atoms with Crippen LogP contribution in [0.3, 0.4) is 0 Å². The molecule has 0 unspecified atom stereocenters. The summed E-state index contributed by atoms with van der Waals surface area (Å²) in [5, 5.41) is 4.65. The monoisotopic (exact) mass is 311 g/mol. The molecule has 0 aliphatic carbocycles. The van der Waals surface area contributed by atoms with Crippen molar-refractivity contribution in [1.82, 2.24) is 15.0 Å². The third-order valence-electron chi connectivity index (χ3n) is 2.73. The maximum absolute atomic E-state index is 12.1. The second-order valence-electron chi connectivity index (χ2n) is 4.41. The van der Waals surface area contributed by atoms with E-state index in [1.54, 1.807) is 17.6 Å². The van der Waals surface area contributed by atoms with Gasteiger partial charge in [0.05, 0.1) is 4.90 Å². The zero-order valence-electron chi connectivity index (χ0n) is 11.4. The van der Waals surface area contributed by atoms with Crippen LogP contribution in [0, 0.1) is 6.92 Å². The average molecular weight is 311 g/mol. The summed E-state index contributed by atoms with van der Waals surface area (Å²) < 4.78 is 26.9. The van der Waals surface area contributed by atoms with Crippen LogP contribution < -0.4 is 10.0 Å². The molecule has 2 aromatic rings. The van der Waals surface area contributed by atoms with E-state index in [2.05, 4.69) is 15.0 Å². The van der Waals surface area contributed by atoms with Crippen LogP contribution in [0.4, 0.5) is 0 Å². The Morgan fingerprint density at radius 1 is 1.30 bits per heavy atom. The second-order valence-corrected chi connectivity index (χ2v) is 7.17. The van der Waals surface area contributed by atoms with Crippen LogP contribution in [0.15, 0.2) is 34.7 Å². The predicted octanol–water partition coefficient (Wildman–Crippen LogP) is 1.65. The van der Waals surface area contributed by atoms with Gasteiger partial charge in [0.1, 0.15) is 0 Å². The van der Waals surface area contributed by atoms with E-state index in [1.807, 2.05) is 26.1 Å². The molecule has 5 nitrogen and oxygen atoms in total. The Kier molecular flexibility index (Phi) is 4.87. The molecule has 0 saturated heterocycles. The Hall–Kier alpha value is -1.28. The minimum Gasteiger partial charge on any atom is -0.315 e. The van der Waals surface area contributed by atoms with Gasteiger partial charge in [-0.05, 0) is 31.7 Å². The SMILES string of the molecule is CNCc1cc(S(=O)(=O)NCc2ccc(C)nc2)cs1. The summed E-state index contributed by atoms with van der Waals surface area (Å²) in [5.41, 5.74) is 1.75. The van der Waals surface area contributed by atoms with Crippen LogP contribution in [-0.2, 0) is 23.1 Å². The molecule has 0 spiro atoms. The van der Waals surface area contributed by atoms with Crippen LogP contribution in [0.5, 0.6) is 0 Å². The third kappa shape index (κ3) is 3.86. The van der Waals surface area contributed by atoms with E-state index in [-0.39, 0.29) is 6.54 Å². The molecule has 2 aromatic heterocycles. The van der Waals surface area contributed by atoms with Gasteiger partial charge in [-0.2, -0.15) is 0 Å². The van der Waals surface area contributed by atoms with E-state index in [4.69, 9.17) is 0 Å². The summed E-state index contributed by atoms with van der Waals surface area (Å²) in [7, 11) is -1.63. The van der Waals surface area contributed by atoms with Crippen molar-refractivity contribution in [3.8, 4) is 0 Å². The molecule has 108 valence electrons. The minimum absolute atomic E-state index is 0.243. The number of sulfonamides is 1. The van der Waals surface area contributed by atoms with Gasteiger partial charge in [-0.15, -0.1) is 11.3 Å². The maximum Gasteiger partial charge on any atom is 0.241 e. The molecule has 2 N–H and O–H groups in total. The Morgan fingerprint density at radius 2 is 2.10 bits per heavy atom. The first kappa shape index (κ1) is 15.1. The van der Waals surface area contributed by atoms with Gasteiger partial charge >= 0.3 is 0 Å². The number of hydrogen-bond acceptors (Lipinski definition) is 5. The van der Waals surface area contributed by atoms with Crippen molar-refractivity contribution in [1.29, 1.82) is 0 Å². The summed E-state index contributed by atoms with van der Waals surface area (Å²) in [4.78, 5) is 5.44. The molecule has 0 amide bonds. The lowest BCUT2D eigenvalue weighted by Crippen LogP contribution is -2.22. The van der Waals surface area contributed by atoms with Gasteiger partial charge in [0.2, 0.25) is 10.0 Å². The highest BCUT2D eigenvalue weighted by molar-refractivity contribution is 7.89. The van der Waals surface area contributed by atoms with Crippen LogP contribution >= 0.6 is 11.3 Å². The van der Waals surface area contributed by atoms with Crippen molar-refractivity contribution in [3.05, 3.63) is 45.9 Å². The number of nitrogens with zero attached hydrogens (tertiary/aromatic N) is 1. The van der Waals surface area contributed by atoms with Gasteiger partial charge in [0.25, 0.3) is 0 Å². The molecule has 0 saturated carbocycles. The molecular weight excluding hydrogens is 294 g/mol. The van der Waals surface area contributed by atoms with Crippen molar-refractivity contribution in [2.75, 3.05) is 7.05 Å². The lowest BCUT2D eigenvalue weighted by molar-refractivity contribution is 0.581. The fraction of sp³-hybridized carbons (Fsp3) is 0.308. The number of hydrogen-bond donors (Lipinski definition) is 2. The van der Waals surface area contributed by atoms with E-state index in [1.165, 1.54) is 11.3 Å². The van der Waals surface area contributed by atoms with Crippen molar-refractivity contribution < 1.29 is 8.42 Å². The van der Waals surface area contributed by atoms with Gasteiger partial charge in [0, 0.05) is 35.2 Å². The molecule has 2 rings (SSSR count). The molecule has 0 bridgehead atoms. The largest absolute Gasteiger partial charge is 0.315 e. The van der Waals surface area contributed by atoms with Crippen LogP contribution in [-0.4, -0.2) is 20.4 Å². The second kappa shape index (κ2) is 6.45. The third-order valence-corrected chi connectivity index (χ3v) is 5.20. The number of pyridine rings is 1. The highest BCUT2D eigenvalue weighted by atomic mass is 32.2. The maximum atomic E-state index is 12.1.